The van der Waals surface area contributed by atoms with Gasteiger partial charge in [-0.25, -0.2) is 9.78 Å². The number of esters is 1. The molecule has 110 valence electrons. The van der Waals surface area contributed by atoms with Crippen LogP contribution in [0.3, 0.4) is 0 Å². The molecule has 1 amide bonds. The second-order valence-corrected chi connectivity index (χ2v) is 4.61. The number of aromatic nitrogens is 1. The Kier molecular flexibility index (Phi) is 6.96. The average molecular weight is 320 g/mol. The molecule has 0 aromatic carbocycles. The topological polar surface area (TPSA) is 89.9 Å². The predicted octanol–water partition coefficient (Wildman–Crippen LogP) is 1.62. The average Bonchev–Trinajstić information content (AvgIpc) is 2.90. The number of ether oxygens (including phenoxy) is 1. The number of carbonyl (C=O) groups is 2. The number of oxime groups is 1. The van der Waals surface area contributed by atoms with Crippen molar-refractivity contribution in [2.45, 2.75) is 13.3 Å². The van der Waals surface area contributed by atoms with Crippen molar-refractivity contribution in [3.63, 3.8) is 0 Å². The van der Waals surface area contributed by atoms with E-state index in [2.05, 4.69) is 20.2 Å². The minimum atomic E-state index is -0.665. The van der Waals surface area contributed by atoms with Gasteiger partial charge in [-0.15, -0.1) is 22.9 Å². The summed E-state index contributed by atoms with van der Waals surface area (Å²) in [6, 6.07) is 0. The van der Waals surface area contributed by atoms with Crippen LogP contribution in [0.25, 0.3) is 0 Å². The summed E-state index contributed by atoms with van der Waals surface area (Å²) < 4.78 is 4.62. The van der Waals surface area contributed by atoms with Gasteiger partial charge in [-0.1, -0.05) is 12.1 Å². The first kappa shape index (κ1) is 16.4. The first-order valence-corrected chi connectivity index (χ1v) is 7.13. The number of amides is 1. The number of hydrogen-bond donors (Lipinski definition) is 1. The van der Waals surface area contributed by atoms with Gasteiger partial charge in [0.15, 0.2) is 5.13 Å². The monoisotopic (exact) mass is 319 g/mol. The summed E-state index contributed by atoms with van der Waals surface area (Å²) in [4.78, 5) is 31.8. The number of carbonyl (C=O) groups excluding carboxylic acids is 2. The lowest BCUT2D eigenvalue weighted by Crippen LogP contribution is -2.19. The predicted molar refractivity (Wildman–Crippen MR) is 76.3 cm³/mol. The van der Waals surface area contributed by atoms with Crippen molar-refractivity contribution >= 4 is 45.7 Å². The van der Waals surface area contributed by atoms with Gasteiger partial charge in [-0.2, -0.15) is 0 Å². The van der Waals surface area contributed by atoms with Crippen LogP contribution in [0, 0.1) is 0 Å². The Morgan fingerprint density at radius 3 is 2.90 bits per heavy atom. The molecule has 0 aliphatic rings. The third-order valence-corrected chi connectivity index (χ3v) is 2.94. The number of nitrogens with zero attached hydrogens (tertiary/aromatic N) is 2. The number of hydrogen-bond acceptors (Lipinski definition) is 7. The second kappa shape index (κ2) is 8.49. The van der Waals surface area contributed by atoms with E-state index in [1.165, 1.54) is 7.11 Å². The highest BCUT2D eigenvalue weighted by atomic mass is 35.5. The number of anilines is 1. The number of alkyl halides is 1. The van der Waals surface area contributed by atoms with Crippen molar-refractivity contribution < 1.29 is 19.2 Å². The Hall–Kier alpha value is -1.67. The molecule has 0 radical (unpaired) electrons. The van der Waals surface area contributed by atoms with E-state index in [1.807, 2.05) is 6.92 Å². The van der Waals surface area contributed by atoms with Crippen LogP contribution in [0.15, 0.2) is 10.5 Å². The van der Waals surface area contributed by atoms with Gasteiger partial charge in [0.2, 0.25) is 11.6 Å². The van der Waals surface area contributed by atoms with Crippen molar-refractivity contribution in [1.29, 1.82) is 0 Å². The van der Waals surface area contributed by atoms with Gasteiger partial charge in [0.05, 0.1) is 7.11 Å². The summed E-state index contributed by atoms with van der Waals surface area (Å²) in [6.45, 7) is 2.29. The highest BCUT2D eigenvalue weighted by molar-refractivity contribution is 7.14. The molecular weight excluding hydrogens is 306 g/mol. The molecule has 1 aromatic rings. The van der Waals surface area contributed by atoms with Gasteiger partial charge in [-0.05, 0) is 6.42 Å². The van der Waals surface area contributed by atoms with Crippen LogP contribution in [0.4, 0.5) is 5.13 Å². The number of thiazole rings is 1. The molecule has 1 rings (SSSR count). The quantitative estimate of drug-likeness (QED) is 0.271. The largest absolute Gasteiger partial charge is 0.464 e. The third kappa shape index (κ3) is 4.78. The van der Waals surface area contributed by atoms with Gasteiger partial charge in [0.25, 0.3) is 0 Å². The normalized spacial score (nSPS) is 11.1. The smallest absolute Gasteiger partial charge is 0.362 e. The SMILES string of the molecule is CCCO/N=C(/C(=O)OC)c1csc(NC(=O)CCl)n1. The molecule has 0 unspecified atom stereocenters. The summed E-state index contributed by atoms with van der Waals surface area (Å²) in [6.07, 6.45) is 0.756. The Morgan fingerprint density at radius 1 is 1.55 bits per heavy atom. The zero-order valence-corrected chi connectivity index (χ0v) is 12.6. The first-order chi connectivity index (χ1) is 9.62. The van der Waals surface area contributed by atoms with E-state index in [9.17, 15) is 9.59 Å². The van der Waals surface area contributed by atoms with Crippen LogP contribution in [0.5, 0.6) is 0 Å². The summed E-state index contributed by atoms with van der Waals surface area (Å²) >= 11 is 6.52. The van der Waals surface area contributed by atoms with E-state index in [4.69, 9.17) is 16.4 Å². The lowest BCUT2D eigenvalue weighted by molar-refractivity contribution is -0.132. The van der Waals surface area contributed by atoms with Crippen molar-refractivity contribution in [2.24, 2.45) is 5.16 Å². The first-order valence-electron chi connectivity index (χ1n) is 5.72. The van der Waals surface area contributed by atoms with Crippen LogP contribution in [0.2, 0.25) is 0 Å². The lowest BCUT2D eigenvalue weighted by atomic mass is 10.3. The Balaban J connectivity index is 2.88. The van der Waals surface area contributed by atoms with E-state index in [0.717, 1.165) is 17.8 Å². The molecule has 7 nitrogen and oxygen atoms in total. The molecule has 0 bridgehead atoms. The van der Waals surface area contributed by atoms with Crippen molar-refractivity contribution in [1.82, 2.24) is 4.98 Å². The number of halogens is 1. The summed E-state index contributed by atoms with van der Waals surface area (Å²) in [5.41, 5.74) is 0.214. The molecule has 0 saturated carbocycles. The van der Waals surface area contributed by atoms with Gasteiger partial charge >= 0.3 is 5.97 Å². The molecule has 9 heteroatoms. The molecule has 0 aliphatic carbocycles. The van der Waals surface area contributed by atoms with Gasteiger partial charge in [-0.3, -0.25) is 4.79 Å². The van der Waals surface area contributed by atoms with Crippen LogP contribution < -0.4 is 5.32 Å². The standard InChI is InChI=1S/C11H14ClN3O4S/c1-3-4-19-15-9(10(17)18-2)7-6-20-11(13-7)14-8(16)5-12/h6H,3-5H2,1-2H3,(H,13,14,16)/b15-9+. The molecule has 1 N–H and O–H groups in total. The van der Waals surface area contributed by atoms with E-state index in [-0.39, 0.29) is 23.2 Å². The number of rotatable bonds is 7. The molecule has 20 heavy (non-hydrogen) atoms. The van der Waals surface area contributed by atoms with Crippen LogP contribution in [0.1, 0.15) is 19.0 Å². The minimum absolute atomic E-state index is 0.0522. The van der Waals surface area contributed by atoms with E-state index >= 15 is 0 Å². The maximum atomic E-state index is 11.6. The second-order valence-electron chi connectivity index (χ2n) is 3.48. The minimum Gasteiger partial charge on any atom is -0.464 e. The van der Waals surface area contributed by atoms with Crippen LogP contribution in [-0.4, -0.2) is 42.2 Å². The van der Waals surface area contributed by atoms with E-state index in [1.54, 1.807) is 5.38 Å². The maximum absolute atomic E-state index is 11.6. The molecule has 0 aliphatic heterocycles. The summed E-state index contributed by atoms with van der Waals surface area (Å²) in [5, 5.41) is 8.08. The van der Waals surface area contributed by atoms with Crippen molar-refractivity contribution in [3.05, 3.63) is 11.1 Å². The Bertz CT molecular complexity index is 504. The van der Waals surface area contributed by atoms with Crippen LogP contribution in [-0.2, 0) is 19.2 Å². The fourth-order valence-electron chi connectivity index (χ4n) is 1.08. The van der Waals surface area contributed by atoms with E-state index < -0.39 is 5.97 Å². The maximum Gasteiger partial charge on any atom is 0.362 e. The fourth-order valence-corrected chi connectivity index (χ4v) is 1.86. The molecule has 0 atom stereocenters. The summed E-state index contributed by atoms with van der Waals surface area (Å²) in [5.74, 6) is -1.22. The number of nitrogens with one attached hydrogen (secondary N) is 1. The molecule has 0 fully saturated rings. The van der Waals surface area contributed by atoms with Gasteiger partial charge in [0.1, 0.15) is 18.2 Å². The lowest BCUT2D eigenvalue weighted by Gasteiger charge is -2.01. The van der Waals surface area contributed by atoms with Gasteiger partial charge in [0, 0.05) is 5.38 Å². The molecule has 0 spiro atoms. The Morgan fingerprint density at radius 2 is 2.30 bits per heavy atom. The molecule has 1 heterocycles. The number of methoxy groups -OCH3 is 1. The molecule has 1 aromatic heterocycles. The van der Waals surface area contributed by atoms with Crippen LogP contribution >= 0.6 is 22.9 Å². The highest BCUT2D eigenvalue weighted by Crippen LogP contribution is 2.16. The molecule has 0 saturated heterocycles. The molecular formula is C11H14ClN3O4S. The van der Waals surface area contributed by atoms with Crippen molar-refractivity contribution in [2.75, 3.05) is 24.9 Å². The van der Waals surface area contributed by atoms with Gasteiger partial charge < -0.3 is 14.9 Å². The van der Waals surface area contributed by atoms with E-state index in [0.29, 0.717) is 11.7 Å². The zero-order chi connectivity index (χ0) is 15.0. The Labute approximate surface area is 124 Å². The third-order valence-electron chi connectivity index (χ3n) is 1.94. The fraction of sp³-hybridized carbons (Fsp3) is 0.455. The summed E-state index contributed by atoms with van der Waals surface area (Å²) in [7, 11) is 1.24. The van der Waals surface area contributed by atoms with Crippen molar-refractivity contribution in [3.8, 4) is 0 Å². The highest BCUT2D eigenvalue weighted by Gasteiger charge is 2.19. The zero-order valence-electron chi connectivity index (χ0n) is 11.0.